The van der Waals surface area contributed by atoms with Crippen LogP contribution in [0.3, 0.4) is 0 Å². The van der Waals surface area contributed by atoms with Crippen molar-refractivity contribution in [2.75, 3.05) is 5.73 Å². The molecule has 0 spiro atoms. The van der Waals surface area contributed by atoms with Crippen molar-refractivity contribution >= 4 is 34.1 Å². The summed E-state index contributed by atoms with van der Waals surface area (Å²) in [7, 11) is 0. The van der Waals surface area contributed by atoms with Gasteiger partial charge in [0.1, 0.15) is 5.69 Å². The minimum absolute atomic E-state index is 0.0312. The first-order chi connectivity index (χ1) is 18.2. The highest BCUT2D eigenvalue weighted by Crippen LogP contribution is 2.39. The summed E-state index contributed by atoms with van der Waals surface area (Å²) in [6.45, 7) is 2.89. The Balaban J connectivity index is 1.67. The van der Waals surface area contributed by atoms with Gasteiger partial charge in [-0.05, 0) is 30.5 Å². The number of hydrogen-bond acceptors (Lipinski definition) is 8. The van der Waals surface area contributed by atoms with Crippen molar-refractivity contribution in [1.82, 2.24) is 10.5 Å². The number of nitrogen functional groups attached to an aromatic ring is 1. The minimum atomic E-state index is -1.61. The zero-order valence-electron chi connectivity index (χ0n) is 20.7. The lowest BCUT2D eigenvalue weighted by molar-refractivity contribution is -0.165. The van der Waals surface area contributed by atoms with Crippen molar-refractivity contribution in [3.63, 3.8) is 0 Å². The van der Waals surface area contributed by atoms with Crippen molar-refractivity contribution in [2.24, 2.45) is 5.16 Å². The summed E-state index contributed by atoms with van der Waals surface area (Å²) in [5.41, 5.74) is 7.23. The molecular weight excluding hydrogens is 504 g/mol. The molecule has 0 aliphatic heterocycles. The van der Waals surface area contributed by atoms with Gasteiger partial charge in [-0.15, -0.1) is 11.3 Å². The van der Waals surface area contributed by atoms with E-state index in [1.165, 1.54) is 19.2 Å². The van der Waals surface area contributed by atoms with Gasteiger partial charge in [0.25, 0.3) is 5.91 Å². The van der Waals surface area contributed by atoms with Gasteiger partial charge in [0.2, 0.25) is 11.3 Å². The third-order valence-corrected chi connectivity index (χ3v) is 6.39. The number of nitrogens with one attached hydrogen (secondary N) is 1. The smallest absolute Gasteiger partial charge is 0.360 e. The Morgan fingerprint density at radius 2 is 1.37 bits per heavy atom. The summed E-state index contributed by atoms with van der Waals surface area (Å²) in [5, 5.41) is 14.9. The van der Waals surface area contributed by atoms with Gasteiger partial charge < -0.3 is 15.7 Å². The van der Waals surface area contributed by atoms with Gasteiger partial charge >= 0.3 is 5.97 Å². The first-order valence-corrected chi connectivity index (χ1v) is 12.5. The van der Waals surface area contributed by atoms with Crippen LogP contribution in [-0.2, 0) is 24.9 Å². The van der Waals surface area contributed by atoms with Crippen molar-refractivity contribution in [1.29, 1.82) is 0 Å². The first-order valence-electron chi connectivity index (χ1n) is 11.6. The standard InChI is InChI=1S/C28H26N4O5S/c1-27(2,36-31-23(24(33)34)22-18-38-26(29)30-22)25(35)32-37-28(19-12-6-3-7-13-19,20-14-8-4-9-15-20)21-16-10-5-11-17-21/h3-18H,1-2H3,(H2,29,30)(H,32,35)(H,33,34). The van der Waals surface area contributed by atoms with Crippen LogP contribution >= 0.6 is 11.3 Å². The number of nitrogens with zero attached hydrogens (tertiary/aromatic N) is 2. The zero-order chi connectivity index (χ0) is 27.2. The molecule has 4 rings (SSSR count). The van der Waals surface area contributed by atoms with Crippen LogP contribution in [-0.4, -0.2) is 33.3 Å². The van der Waals surface area contributed by atoms with E-state index in [0.717, 1.165) is 28.0 Å². The second kappa shape index (κ2) is 11.2. The molecular formula is C28H26N4O5S. The Labute approximate surface area is 223 Å². The molecule has 0 fully saturated rings. The van der Waals surface area contributed by atoms with E-state index in [1.807, 2.05) is 91.0 Å². The van der Waals surface area contributed by atoms with E-state index >= 15 is 0 Å². The average molecular weight is 531 g/mol. The number of carboxylic acids is 1. The van der Waals surface area contributed by atoms with Gasteiger partial charge in [-0.25, -0.2) is 15.3 Å². The number of oxime groups is 1. The average Bonchev–Trinajstić information content (AvgIpc) is 3.36. The van der Waals surface area contributed by atoms with Crippen LogP contribution in [0.4, 0.5) is 5.13 Å². The maximum Gasteiger partial charge on any atom is 0.360 e. The largest absolute Gasteiger partial charge is 0.476 e. The highest BCUT2D eigenvalue weighted by molar-refractivity contribution is 7.13. The molecule has 4 aromatic rings. The Morgan fingerprint density at radius 3 is 1.76 bits per heavy atom. The quantitative estimate of drug-likeness (QED) is 0.158. The predicted octanol–water partition coefficient (Wildman–Crippen LogP) is 4.35. The van der Waals surface area contributed by atoms with E-state index in [0.29, 0.717) is 0 Å². The van der Waals surface area contributed by atoms with Crippen LogP contribution in [0.25, 0.3) is 0 Å². The highest BCUT2D eigenvalue weighted by atomic mass is 32.1. The first kappa shape index (κ1) is 26.5. The van der Waals surface area contributed by atoms with Gasteiger partial charge in [-0.2, -0.15) is 0 Å². The normalized spacial score (nSPS) is 12.1. The number of hydroxylamine groups is 1. The van der Waals surface area contributed by atoms with Crippen LogP contribution in [0.5, 0.6) is 0 Å². The van der Waals surface area contributed by atoms with Crippen LogP contribution in [0, 0.1) is 0 Å². The second-order valence-electron chi connectivity index (χ2n) is 8.73. The summed E-state index contributed by atoms with van der Waals surface area (Å²) >= 11 is 1.06. The summed E-state index contributed by atoms with van der Waals surface area (Å²) < 4.78 is 0. The Kier molecular flexibility index (Phi) is 7.85. The number of anilines is 1. The second-order valence-corrected chi connectivity index (χ2v) is 9.62. The molecule has 194 valence electrons. The van der Waals surface area contributed by atoms with E-state index in [4.69, 9.17) is 15.4 Å². The summed E-state index contributed by atoms with van der Waals surface area (Å²) in [6.07, 6.45) is 0. The van der Waals surface area contributed by atoms with Crippen LogP contribution < -0.4 is 11.2 Å². The van der Waals surface area contributed by atoms with Crippen LogP contribution in [0.15, 0.2) is 102 Å². The summed E-state index contributed by atoms with van der Waals surface area (Å²) in [6, 6.07) is 28.5. The third kappa shape index (κ3) is 5.56. The molecule has 0 aliphatic carbocycles. The third-order valence-electron chi connectivity index (χ3n) is 5.72. The molecule has 0 saturated heterocycles. The number of aromatic nitrogens is 1. The van der Waals surface area contributed by atoms with E-state index < -0.39 is 28.8 Å². The van der Waals surface area contributed by atoms with E-state index in [-0.39, 0.29) is 10.8 Å². The number of nitrogens with two attached hydrogens (primary N) is 1. The molecule has 4 N–H and O–H groups in total. The number of amides is 1. The maximum absolute atomic E-state index is 13.3. The maximum atomic E-state index is 13.3. The fourth-order valence-corrected chi connectivity index (χ4v) is 4.28. The number of thiazole rings is 1. The SMILES string of the molecule is CC(C)(ON=C(C(=O)O)c1csc(N)n1)C(=O)NOC(c1ccccc1)(c1ccccc1)c1ccccc1. The molecule has 9 nitrogen and oxygen atoms in total. The fourth-order valence-electron chi connectivity index (χ4n) is 3.73. The summed E-state index contributed by atoms with van der Waals surface area (Å²) in [5.74, 6) is -2.06. The Bertz CT molecular complexity index is 1330. The number of carbonyl (C=O) groups excluding carboxylic acids is 1. The van der Waals surface area contributed by atoms with Crippen molar-refractivity contribution in [2.45, 2.75) is 25.0 Å². The van der Waals surface area contributed by atoms with Gasteiger partial charge in [-0.3, -0.25) is 9.63 Å². The van der Waals surface area contributed by atoms with E-state index in [1.54, 1.807) is 0 Å². The number of hydrogen-bond donors (Lipinski definition) is 3. The number of benzene rings is 3. The minimum Gasteiger partial charge on any atom is -0.476 e. The Morgan fingerprint density at radius 1 is 0.895 bits per heavy atom. The van der Waals surface area contributed by atoms with Crippen molar-refractivity contribution in [3.05, 3.63) is 119 Å². The van der Waals surface area contributed by atoms with E-state index in [2.05, 4.69) is 15.6 Å². The molecule has 0 aliphatic rings. The number of carbonyl (C=O) groups is 2. The molecule has 0 atom stereocenters. The molecule has 0 bridgehead atoms. The molecule has 10 heteroatoms. The van der Waals surface area contributed by atoms with Crippen molar-refractivity contribution < 1.29 is 24.4 Å². The molecule has 1 aromatic heterocycles. The number of rotatable bonds is 10. The molecule has 3 aromatic carbocycles. The van der Waals surface area contributed by atoms with Gasteiger partial charge in [0.15, 0.2) is 10.7 Å². The highest BCUT2D eigenvalue weighted by Gasteiger charge is 2.41. The van der Waals surface area contributed by atoms with Gasteiger partial charge in [0, 0.05) is 5.38 Å². The molecule has 38 heavy (non-hydrogen) atoms. The van der Waals surface area contributed by atoms with Gasteiger partial charge in [0.05, 0.1) is 0 Å². The topological polar surface area (TPSA) is 136 Å². The lowest BCUT2D eigenvalue weighted by atomic mass is 9.80. The molecule has 0 saturated carbocycles. The number of aliphatic carboxylic acids is 1. The van der Waals surface area contributed by atoms with Crippen molar-refractivity contribution in [3.8, 4) is 0 Å². The van der Waals surface area contributed by atoms with Gasteiger partial charge in [-0.1, -0.05) is 96.2 Å². The molecule has 1 amide bonds. The molecule has 0 radical (unpaired) electrons. The van der Waals surface area contributed by atoms with Crippen LogP contribution in [0.2, 0.25) is 0 Å². The molecule has 1 heterocycles. The Hall–Kier alpha value is -4.54. The lowest BCUT2D eigenvalue weighted by Gasteiger charge is -2.35. The monoisotopic (exact) mass is 530 g/mol. The predicted molar refractivity (Wildman–Crippen MR) is 144 cm³/mol. The molecule has 0 unspecified atom stereocenters. The van der Waals surface area contributed by atoms with E-state index in [9.17, 15) is 14.7 Å². The fraction of sp³-hybridized carbons (Fsp3) is 0.143. The summed E-state index contributed by atoms with van der Waals surface area (Å²) in [4.78, 5) is 40.7. The zero-order valence-corrected chi connectivity index (χ0v) is 21.5. The lowest BCUT2D eigenvalue weighted by Crippen LogP contribution is -2.48. The van der Waals surface area contributed by atoms with Crippen LogP contribution in [0.1, 0.15) is 36.2 Å². The number of carboxylic acid groups (broad SMARTS) is 1.